The van der Waals surface area contributed by atoms with Gasteiger partial charge in [-0.25, -0.2) is 4.68 Å². The SMILES string of the molecule is CSc1nc(N=c2ssnc2Cl)nn1C. The summed E-state index contributed by atoms with van der Waals surface area (Å²) in [5, 5.41) is 5.36. The lowest BCUT2D eigenvalue weighted by Crippen LogP contribution is -1.94. The van der Waals surface area contributed by atoms with Crippen LogP contribution < -0.4 is 4.67 Å². The van der Waals surface area contributed by atoms with Crippen LogP contribution in [0.5, 0.6) is 0 Å². The number of aryl methyl sites for hydroxylation is 1. The van der Waals surface area contributed by atoms with Gasteiger partial charge in [-0.3, -0.25) is 0 Å². The number of rotatable bonds is 2. The van der Waals surface area contributed by atoms with Gasteiger partial charge in [-0.05, 0) is 16.6 Å². The summed E-state index contributed by atoms with van der Waals surface area (Å²) in [6.07, 6.45) is 1.94. The number of hydrogen-bond donors (Lipinski definition) is 0. The molecule has 0 bridgehead atoms. The Morgan fingerprint density at radius 1 is 1.53 bits per heavy atom. The third-order valence-corrected chi connectivity index (χ3v) is 4.40. The van der Waals surface area contributed by atoms with E-state index < -0.39 is 0 Å². The summed E-state index contributed by atoms with van der Waals surface area (Å²) in [5.74, 6) is 0.417. The highest BCUT2D eigenvalue weighted by atomic mass is 35.5. The summed E-state index contributed by atoms with van der Waals surface area (Å²) < 4.78 is 6.26. The van der Waals surface area contributed by atoms with Crippen molar-refractivity contribution in [2.75, 3.05) is 6.26 Å². The van der Waals surface area contributed by atoms with Crippen molar-refractivity contribution < 1.29 is 0 Å². The van der Waals surface area contributed by atoms with Gasteiger partial charge in [0.15, 0.2) is 15.0 Å². The molecule has 5 nitrogen and oxygen atoms in total. The molecule has 2 aromatic heterocycles. The molecule has 2 rings (SSSR count). The van der Waals surface area contributed by atoms with Crippen LogP contribution in [0.2, 0.25) is 5.15 Å². The average molecular weight is 280 g/mol. The van der Waals surface area contributed by atoms with E-state index in [-0.39, 0.29) is 0 Å². The normalized spacial score (nSPS) is 12.3. The van der Waals surface area contributed by atoms with Gasteiger partial charge in [-0.2, -0.15) is 14.3 Å². The molecule has 9 heteroatoms. The van der Waals surface area contributed by atoms with Crippen molar-refractivity contribution in [3.63, 3.8) is 0 Å². The maximum absolute atomic E-state index is 5.82. The van der Waals surface area contributed by atoms with Crippen molar-refractivity contribution in [1.82, 2.24) is 19.1 Å². The molecule has 0 saturated heterocycles. The zero-order chi connectivity index (χ0) is 10.8. The lowest BCUT2D eigenvalue weighted by Gasteiger charge is -1.89. The van der Waals surface area contributed by atoms with Crippen molar-refractivity contribution in [1.29, 1.82) is 0 Å². The molecule has 0 spiro atoms. The molecule has 0 N–H and O–H groups in total. The molecular formula is C6H6ClN5S3. The standard InChI is InChI=1S/C6H6ClN5S3/c1-12-6(13-2)9-5(10-12)8-4-3(7)11-15-14-4/h1-2H3. The average Bonchev–Trinajstić information content (AvgIpc) is 2.75. The van der Waals surface area contributed by atoms with Crippen molar-refractivity contribution in [3.05, 3.63) is 9.82 Å². The van der Waals surface area contributed by atoms with E-state index in [0.29, 0.717) is 15.8 Å². The third-order valence-electron chi connectivity index (χ3n) is 1.51. The summed E-state index contributed by atoms with van der Waals surface area (Å²) in [7, 11) is 4.53. The molecule has 15 heavy (non-hydrogen) atoms. The highest BCUT2D eigenvalue weighted by molar-refractivity contribution is 7.98. The predicted octanol–water partition coefficient (Wildman–Crippen LogP) is 1.94. The Labute approximate surface area is 102 Å². The van der Waals surface area contributed by atoms with Crippen LogP contribution in [0.25, 0.3) is 0 Å². The molecule has 2 heterocycles. The van der Waals surface area contributed by atoms with Crippen LogP contribution in [0.15, 0.2) is 10.1 Å². The van der Waals surface area contributed by atoms with Gasteiger partial charge in [0, 0.05) is 17.6 Å². The summed E-state index contributed by atoms with van der Waals surface area (Å²) >= 11 is 7.34. The summed E-state index contributed by atoms with van der Waals surface area (Å²) in [5.41, 5.74) is 0. The number of halogens is 1. The Hall–Kier alpha value is -0.440. The Morgan fingerprint density at radius 3 is 2.87 bits per heavy atom. The smallest absolute Gasteiger partial charge is 0.242 e. The van der Waals surface area contributed by atoms with Gasteiger partial charge >= 0.3 is 0 Å². The van der Waals surface area contributed by atoms with E-state index in [1.807, 2.05) is 13.3 Å². The molecule has 0 amide bonds. The number of hydrogen-bond acceptors (Lipinski definition) is 7. The summed E-state index contributed by atoms with van der Waals surface area (Å²) in [4.78, 5) is 8.43. The molecule has 0 radical (unpaired) electrons. The third kappa shape index (κ3) is 2.39. The molecule has 0 aromatic carbocycles. The highest BCUT2D eigenvalue weighted by Gasteiger charge is 2.05. The van der Waals surface area contributed by atoms with Gasteiger partial charge in [0.2, 0.25) is 0 Å². The van der Waals surface area contributed by atoms with Crippen LogP contribution in [0, 0.1) is 0 Å². The number of nitrogens with zero attached hydrogens (tertiary/aromatic N) is 5. The second-order valence-corrected chi connectivity index (χ2v) is 5.44. The second kappa shape index (κ2) is 4.60. The molecule has 0 saturated carbocycles. The number of aromatic nitrogens is 4. The van der Waals surface area contributed by atoms with Gasteiger partial charge in [0.25, 0.3) is 5.95 Å². The highest BCUT2D eigenvalue weighted by Crippen LogP contribution is 2.15. The Balaban J connectivity index is 2.44. The van der Waals surface area contributed by atoms with Crippen LogP contribution >= 0.6 is 44.2 Å². The van der Waals surface area contributed by atoms with E-state index >= 15 is 0 Å². The lowest BCUT2D eigenvalue weighted by molar-refractivity contribution is 0.686. The molecule has 0 aliphatic carbocycles. The fraction of sp³-hybridized carbons (Fsp3) is 0.333. The quantitative estimate of drug-likeness (QED) is 0.623. The summed E-state index contributed by atoms with van der Waals surface area (Å²) in [6.45, 7) is 0. The molecular weight excluding hydrogens is 274 g/mol. The van der Waals surface area contributed by atoms with Gasteiger partial charge in [0.05, 0.1) is 0 Å². The lowest BCUT2D eigenvalue weighted by atomic mass is 10.9. The maximum atomic E-state index is 5.82. The zero-order valence-electron chi connectivity index (χ0n) is 7.84. The summed E-state index contributed by atoms with van der Waals surface area (Å²) in [6, 6.07) is 0. The first-order valence-corrected chi connectivity index (χ1v) is 7.53. The predicted molar refractivity (Wildman–Crippen MR) is 63.0 cm³/mol. The fourth-order valence-electron chi connectivity index (χ4n) is 0.898. The van der Waals surface area contributed by atoms with E-state index in [2.05, 4.69) is 19.4 Å². The van der Waals surface area contributed by atoms with E-state index in [4.69, 9.17) is 11.6 Å². The van der Waals surface area contributed by atoms with Gasteiger partial charge in [-0.1, -0.05) is 23.4 Å². The molecule has 0 unspecified atom stereocenters. The fourth-order valence-corrected chi connectivity index (χ4v) is 3.34. The van der Waals surface area contributed by atoms with Crippen molar-refractivity contribution in [2.24, 2.45) is 12.0 Å². The molecule has 0 fully saturated rings. The van der Waals surface area contributed by atoms with E-state index in [1.165, 1.54) is 32.6 Å². The first-order chi connectivity index (χ1) is 7.20. The van der Waals surface area contributed by atoms with E-state index in [0.717, 1.165) is 5.16 Å². The number of thioether (sulfide) groups is 1. The van der Waals surface area contributed by atoms with E-state index in [1.54, 1.807) is 4.68 Å². The second-order valence-electron chi connectivity index (χ2n) is 2.48. The topological polar surface area (TPSA) is 56.0 Å². The van der Waals surface area contributed by atoms with E-state index in [9.17, 15) is 0 Å². The van der Waals surface area contributed by atoms with Crippen molar-refractivity contribution >= 4 is 50.2 Å². The first kappa shape index (κ1) is 11.1. The first-order valence-electron chi connectivity index (χ1n) is 3.82. The largest absolute Gasteiger partial charge is 0.270 e. The molecule has 0 aliphatic rings. The monoisotopic (exact) mass is 279 g/mol. The molecule has 80 valence electrons. The Morgan fingerprint density at radius 2 is 2.33 bits per heavy atom. The van der Waals surface area contributed by atoms with Crippen LogP contribution in [-0.4, -0.2) is 25.4 Å². The molecule has 0 aliphatic heterocycles. The van der Waals surface area contributed by atoms with Gasteiger partial charge in [-0.15, -0.1) is 5.10 Å². The Kier molecular flexibility index (Phi) is 3.39. The van der Waals surface area contributed by atoms with Gasteiger partial charge < -0.3 is 0 Å². The van der Waals surface area contributed by atoms with Crippen LogP contribution in [0.1, 0.15) is 0 Å². The maximum Gasteiger partial charge on any atom is 0.270 e. The Bertz CT molecular complexity index is 527. The van der Waals surface area contributed by atoms with Crippen LogP contribution in [0.3, 0.4) is 0 Å². The van der Waals surface area contributed by atoms with Crippen molar-refractivity contribution in [3.8, 4) is 0 Å². The van der Waals surface area contributed by atoms with Crippen LogP contribution in [-0.2, 0) is 7.05 Å². The molecule has 2 aromatic rings. The minimum absolute atomic E-state index is 0.406. The minimum atomic E-state index is 0.406. The van der Waals surface area contributed by atoms with Gasteiger partial charge in [0.1, 0.15) is 0 Å². The van der Waals surface area contributed by atoms with Crippen LogP contribution in [0.4, 0.5) is 5.95 Å². The zero-order valence-corrected chi connectivity index (χ0v) is 11.0. The van der Waals surface area contributed by atoms with Crippen molar-refractivity contribution in [2.45, 2.75) is 5.16 Å². The molecule has 0 atom stereocenters. The minimum Gasteiger partial charge on any atom is -0.242 e.